The van der Waals surface area contributed by atoms with E-state index in [-0.39, 0.29) is 57.2 Å². The molecule has 4 aromatic rings. The van der Waals surface area contributed by atoms with Gasteiger partial charge in [0.15, 0.2) is 0 Å². The first-order valence-electron chi connectivity index (χ1n) is 11.7. The number of rotatable bonds is 8. The van der Waals surface area contributed by atoms with E-state index in [4.69, 9.17) is 27.9 Å². The van der Waals surface area contributed by atoms with Gasteiger partial charge >= 0.3 is 29.6 Å². The maximum absolute atomic E-state index is 13.5. The summed E-state index contributed by atoms with van der Waals surface area (Å²) in [6.45, 7) is 3.89. The second kappa shape index (κ2) is 13.3. The molecule has 0 aliphatic carbocycles. The molecule has 0 aliphatic heterocycles. The Labute approximate surface area is 263 Å². The minimum atomic E-state index is -4.69. The first kappa shape index (κ1) is 31.8. The summed E-state index contributed by atoms with van der Waals surface area (Å²) in [6, 6.07) is 15.3. The van der Waals surface area contributed by atoms with Gasteiger partial charge < -0.3 is 15.2 Å². The van der Waals surface area contributed by atoms with Gasteiger partial charge in [-0.15, -0.1) is 5.11 Å². The van der Waals surface area contributed by atoms with Crippen LogP contribution in [0.25, 0.3) is 10.8 Å². The maximum atomic E-state index is 13.5. The van der Waals surface area contributed by atoms with E-state index in [1.54, 1.807) is 50.2 Å². The van der Waals surface area contributed by atoms with Crippen LogP contribution >= 0.6 is 23.2 Å². The summed E-state index contributed by atoms with van der Waals surface area (Å²) in [7, 11) is -4.69. The number of halogens is 2. The number of hydrogen-bond acceptors (Lipinski definition) is 7. The quantitative estimate of drug-likeness (QED) is 0.175. The number of ether oxygens (including phenoxy) is 1. The van der Waals surface area contributed by atoms with Crippen molar-refractivity contribution in [2.24, 2.45) is 10.2 Å². The molecule has 4 aromatic carbocycles. The molecule has 0 heterocycles. The Morgan fingerprint density at radius 3 is 2.45 bits per heavy atom. The van der Waals surface area contributed by atoms with Crippen LogP contribution in [0.15, 0.2) is 75.8 Å². The van der Waals surface area contributed by atoms with E-state index in [0.717, 1.165) is 0 Å². The molecule has 0 bridgehead atoms. The van der Waals surface area contributed by atoms with Gasteiger partial charge in [-0.05, 0) is 60.7 Å². The van der Waals surface area contributed by atoms with Crippen LogP contribution in [0.2, 0.25) is 10.0 Å². The molecule has 0 aliphatic rings. The number of nitrogens with one attached hydrogen (secondary N) is 1. The van der Waals surface area contributed by atoms with Crippen molar-refractivity contribution >= 4 is 67.1 Å². The van der Waals surface area contributed by atoms with Crippen molar-refractivity contribution in [1.29, 1.82) is 0 Å². The van der Waals surface area contributed by atoms with Crippen molar-refractivity contribution in [3.8, 4) is 11.5 Å². The minimum Gasteiger partial charge on any atom is -0.870 e. The average molecular weight is 610 g/mol. The molecule has 40 heavy (non-hydrogen) atoms. The van der Waals surface area contributed by atoms with Crippen LogP contribution in [0.3, 0.4) is 0 Å². The van der Waals surface area contributed by atoms with Crippen molar-refractivity contribution in [3.63, 3.8) is 0 Å². The summed E-state index contributed by atoms with van der Waals surface area (Å²) in [5.74, 6) is -1.12. The van der Waals surface area contributed by atoms with Crippen LogP contribution < -0.4 is 44.7 Å². The van der Waals surface area contributed by atoms with Crippen LogP contribution in [0.1, 0.15) is 29.8 Å². The predicted molar refractivity (Wildman–Crippen MR) is 149 cm³/mol. The fraction of sp³-hybridized carbons (Fsp3) is 0.148. The first-order chi connectivity index (χ1) is 18.5. The summed E-state index contributed by atoms with van der Waals surface area (Å²) in [4.78, 5) is 12.8. The molecule has 202 valence electrons. The summed E-state index contributed by atoms with van der Waals surface area (Å²) >= 11 is 12.3. The zero-order chi connectivity index (χ0) is 28.3. The van der Waals surface area contributed by atoms with E-state index in [1.165, 1.54) is 24.3 Å². The molecule has 0 unspecified atom stereocenters. The summed E-state index contributed by atoms with van der Waals surface area (Å²) in [6.07, 6.45) is 0.406. The SMILES string of the molecule is CCOc1ccc(Cl)cc1NC(=O)c1cc2ccccc2c(N=Nc2cc(Cl)c(CC)cc2S(=O)(=O)O)c1[O-].[Na+]. The number of benzene rings is 4. The molecule has 0 saturated carbocycles. The zero-order valence-electron chi connectivity index (χ0n) is 21.7. The third kappa shape index (κ3) is 6.95. The molecule has 0 radical (unpaired) electrons. The van der Waals surface area contributed by atoms with Crippen molar-refractivity contribution in [2.45, 2.75) is 25.2 Å². The van der Waals surface area contributed by atoms with E-state index in [0.29, 0.717) is 40.1 Å². The van der Waals surface area contributed by atoms with E-state index >= 15 is 0 Å². The maximum Gasteiger partial charge on any atom is 1.00 e. The van der Waals surface area contributed by atoms with Crippen LogP contribution in [-0.2, 0) is 16.5 Å². The fourth-order valence-electron chi connectivity index (χ4n) is 3.89. The van der Waals surface area contributed by atoms with Gasteiger partial charge in [-0.25, -0.2) is 0 Å². The topological polar surface area (TPSA) is 140 Å². The number of amides is 1. The summed E-state index contributed by atoms with van der Waals surface area (Å²) in [5, 5.41) is 25.6. The second-order valence-electron chi connectivity index (χ2n) is 8.29. The number of hydrogen-bond donors (Lipinski definition) is 2. The van der Waals surface area contributed by atoms with Gasteiger partial charge in [0, 0.05) is 21.0 Å². The van der Waals surface area contributed by atoms with Crippen LogP contribution in [0.5, 0.6) is 11.5 Å². The zero-order valence-corrected chi connectivity index (χ0v) is 26.1. The van der Waals surface area contributed by atoms with Gasteiger partial charge in [0.05, 0.1) is 18.0 Å². The Bertz CT molecular complexity index is 1730. The van der Waals surface area contributed by atoms with Crippen molar-refractivity contribution < 1.29 is 57.2 Å². The van der Waals surface area contributed by atoms with Gasteiger partial charge in [0.1, 0.15) is 16.3 Å². The number of fused-ring (bicyclic) bond motifs is 1. The van der Waals surface area contributed by atoms with E-state index < -0.39 is 26.7 Å². The van der Waals surface area contributed by atoms with E-state index in [9.17, 15) is 22.9 Å². The normalized spacial score (nSPS) is 11.4. The molecule has 0 atom stereocenters. The Hall–Kier alpha value is -2.70. The molecular formula is C27H22Cl2N3NaO6S. The van der Waals surface area contributed by atoms with Gasteiger partial charge in [0.25, 0.3) is 16.0 Å². The monoisotopic (exact) mass is 609 g/mol. The van der Waals surface area contributed by atoms with Crippen molar-refractivity contribution in [3.05, 3.63) is 81.8 Å². The van der Waals surface area contributed by atoms with Crippen molar-refractivity contribution in [1.82, 2.24) is 0 Å². The average Bonchev–Trinajstić information content (AvgIpc) is 2.88. The van der Waals surface area contributed by atoms with Gasteiger partial charge in [0.2, 0.25) is 0 Å². The first-order valence-corrected chi connectivity index (χ1v) is 13.9. The Morgan fingerprint density at radius 2 is 1.77 bits per heavy atom. The number of carbonyl (C=O) groups is 1. The number of azo groups is 1. The van der Waals surface area contributed by atoms with Gasteiger partial charge in [-0.3, -0.25) is 9.35 Å². The molecule has 0 aromatic heterocycles. The van der Waals surface area contributed by atoms with E-state index in [2.05, 4.69) is 15.5 Å². The molecular weight excluding hydrogens is 588 g/mol. The number of carbonyl (C=O) groups excluding carboxylic acids is 1. The molecule has 9 nitrogen and oxygen atoms in total. The van der Waals surface area contributed by atoms with Gasteiger partial charge in [-0.2, -0.15) is 13.5 Å². The third-order valence-corrected chi connectivity index (χ3v) is 7.22. The van der Waals surface area contributed by atoms with Crippen LogP contribution in [0.4, 0.5) is 17.1 Å². The van der Waals surface area contributed by atoms with E-state index in [1.807, 2.05) is 0 Å². The minimum absolute atomic E-state index is 0. The molecule has 0 saturated heterocycles. The molecule has 13 heteroatoms. The number of anilines is 1. The summed E-state index contributed by atoms with van der Waals surface area (Å²) < 4.78 is 39.3. The van der Waals surface area contributed by atoms with Gasteiger partial charge in [-0.1, -0.05) is 60.1 Å². The smallest absolute Gasteiger partial charge is 0.870 e. The fourth-order valence-corrected chi connectivity index (χ4v) is 5.01. The number of aryl methyl sites for hydroxylation is 1. The molecule has 1 amide bonds. The molecule has 0 spiro atoms. The third-order valence-electron chi connectivity index (χ3n) is 5.75. The Morgan fingerprint density at radius 1 is 1.05 bits per heavy atom. The second-order valence-corrected chi connectivity index (χ2v) is 10.5. The van der Waals surface area contributed by atoms with Crippen molar-refractivity contribution in [2.75, 3.05) is 11.9 Å². The predicted octanol–water partition coefficient (Wildman–Crippen LogP) is 4.10. The molecule has 2 N–H and O–H groups in total. The van der Waals surface area contributed by atoms with Crippen LogP contribution in [-0.4, -0.2) is 25.5 Å². The summed E-state index contributed by atoms with van der Waals surface area (Å²) in [5.41, 5.74) is 0.0435. The largest absolute Gasteiger partial charge is 1.00 e. The Kier molecular flexibility index (Phi) is 10.6. The molecule has 4 rings (SSSR count). The van der Waals surface area contributed by atoms with Crippen LogP contribution in [0, 0.1) is 0 Å². The number of nitrogens with zero attached hydrogens (tertiary/aromatic N) is 2. The standard InChI is InChI=1S/C27H23Cl2N3O6S.Na/c1-3-15-12-24(39(35,36)37)22(14-20(15)29)31-32-25-18-8-6-5-7-16(18)11-19(26(25)33)27(34)30-21-13-17(28)9-10-23(21)38-4-2;/h5-14,33H,3-4H2,1-2H3,(H,30,34)(H,35,36,37);/q;+1/p-1. The molecule has 0 fully saturated rings. The Balaban J connectivity index is 0.00000441.